The van der Waals surface area contributed by atoms with Crippen LogP contribution >= 0.6 is 0 Å². The van der Waals surface area contributed by atoms with Crippen LogP contribution < -0.4 is 4.90 Å². The van der Waals surface area contributed by atoms with Gasteiger partial charge in [0.05, 0.1) is 0 Å². The minimum atomic E-state index is 0.136. The van der Waals surface area contributed by atoms with Gasteiger partial charge in [0, 0.05) is 18.8 Å². The van der Waals surface area contributed by atoms with Crippen molar-refractivity contribution in [3.8, 4) is 0 Å². The van der Waals surface area contributed by atoms with Gasteiger partial charge in [-0.1, -0.05) is 46.8 Å². The molecule has 1 heteroatoms. The largest absolute Gasteiger partial charge is 0.371 e. The molecule has 1 aromatic carbocycles. The third-order valence-corrected chi connectivity index (χ3v) is 3.76. The normalized spacial score (nSPS) is 11.8. The van der Waals surface area contributed by atoms with Crippen molar-refractivity contribution in [3.63, 3.8) is 0 Å². The number of rotatable bonds is 7. The lowest BCUT2D eigenvalue weighted by Crippen LogP contribution is -2.34. The molecule has 0 spiro atoms. The van der Waals surface area contributed by atoms with Gasteiger partial charge in [-0.2, -0.15) is 0 Å². The second-order valence-corrected chi connectivity index (χ2v) is 6.87. The van der Waals surface area contributed by atoms with Crippen molar-refractivity contribution >= 4 is 5.69 Å². The first-order valence-corrected chi connectivity index (χ1v) is 7.79. The number of hydrogen-bond donors (Lipinski definition) is 0. The van der Waals surface area contributed by atoms with Crippen molar-refractivity contribution in [2.45, 2.75) is 53.9 Å². The van der Waals surface area contributed by atoms with Crippen LogP contribution in [0.25, 0.3) is 0 Å². The molecule has 0 N–H and O–H groups in total. The van der Waals surface area contributed by atoms with Crippen LogP contribution in [0.4, 0.5) is 5.69 Å². The molecule has 0 aliphatic heterocycles. The summed E-state index contributed by atoms with van der Waals surface area (Å²) in [6, 6.07) is 6.96. The van der Waals surface area contributed by atoms with Gasteiger partial charge in [0.1, 0.15) is 0 Å². The molecule has 112 valence electrons. The number of nitrogens with zero attached hydrogens (tertiary/aromatic N) is 1. The summed E-state index contributed by atoms with van der Waals surface area (Å²) in [6.07, 6.45) is 3.23. The molecule has 0 aromatic heterocycles. The lowest BCUT2D eigenvalue weighted by molar-refractivity contribution is 0.470. The van der Waals surface area contributed by atoms with E-state index in [1.807, 2.05) is 0 Å². The van der Waals surface area contributed by atoms with Crippen LogP contribution in [0.15, 0.2) is 30.9 Å². The summed E-state index contributed by atoms with van der Waals surface area (Å²) in [5, 5.41) is 0. The van der Waals surface area contributed by atoms with Crippen LogP contribution in [0, 0.1) is 12.3 Å². The van der Waals surface area contributed by atoms with Crippen LogP contribution in [0.2, 0.25) is 0 Å². The Morgan fingerprint density at radius 2 is 1.90 bits per heavy atom. The number of benzene rings is 1. The van der Waals surface area contributed by atoms with Crippen LogP contribution in [0.3, 0.4) is 0 Å². The molecule has 0 heterocycles. The first-order valence-electron chi connectivity index (χ1n) is 7.79. The zero-order valence-electron chi connectivity index (χ0n) is 14.2. The Morgan fingerprint density at radius 1 is 1.25 bits per heavy atom. The molecular weight excluding hydrogens is 242 g/mol. The zero-order valence-corrected chi connectivity index (χ0v) is 14.2. The molecule has 1 nitrogen and oxygen atoms in total. The fourth-order valence-electron chi connectivity index (χ4n) is 2.43. The third-order valence-electron chi connectivity index (χ3n) is 3.76. The van der Waals surface area contributed by atoms with Gasteiger partial charge in [-0.25, -0.2) is 0 Å². The second-order valence-electron chi connectivity index (χ2n) is 6.87. The molecular formula is C19H31N. The Kier molecular flexibility index (Phi) is 5.86. The molecule has 0 fully saturated rings. The highest BCUT2D eigenvalue weighted by atomic mass is 15.1. The Balaban J connectivity index is 3.11. The SMILES string of the molecule is C=CC(C)(C)CN(CCC)c1cc(C)cc(C(C)C)c1. The van der Waals surface area contributed by atoms with E-state index in [1.54, 1.807) is 0 Å². The van der Waals surface area contributed by atoms with Gasteiger partial charge in [0.25, 0.3) is 0 Å². The molecule has 0 aliphatic carbocycles. The standard InChI is InChI=1S/C19H31N/c1-8-10-20(14-19(6,7)9-2)18-12-16(5)11-17(13-18)15(3)4/h9,11-13,15H,2,8,10,14H2,1,3-7H3. The minimum absolute atomic E-state index is 0.136. The van der Waals surface area contributed by atoms with Crippen molar-refractivity contribution in [2.24, 2.45) is 5.41 Å². The molecule has 0 radical (unpaired) electrons. The van der Waals surface area contributed by atoms with Crippen molar-refractivity contribution in [2.75, 3.05) is 18.0 Å². The van der Waals surface area contributed by atoms with Gasteiger partial charge in [0.2, 0.25) is 0 Å². The maximum absolute atomic E-state index is 3.98. The first kappa shape index (κ1) is 16.8. The summed E-state index contributed by atoms with van der Waals surface area (Å²) in [6.45, 7) is 19.6. The molecule has 0 bridgehead atoms. The quantitative estimate of drug-likeness (QED) is 0.589. The number of anilines is 1. The maximum Gasteiger partial charge on any atom is 0.0372 e. The van der Waals surface area contributed by atoms with Crippen LogP contribution in [-0.2, 0) is 0 Å². The van der Waals surface area contributed by atoms with Gasteiger partial charge in [-0.15, -0.1) is 6.58 Å². The molecule has 0 amide bonds. The summed E-state index contributed by atoms with van der Waals surface area (Å²) < 4.78 is 0. The van der Waals surface area contributed by atoms with Gasteiger partial charge in [-0.3, -0.25) is 0 Å². The molecule has 0 unspecified atom stereocenters. The molecule has 0 saturated heterocycles. The Bertz CT molecular complexity index is 443. The van der Waals surface area contributed by atoms with Crippen molar-refractivity contribution in [1.82, 2.24) is 0 Å². The van der Waals surface area contributed by atoms with E-state index in [2.05, 4.69) is 77.3 Å². The topological polar surface area (TPSA) is 3.24 Å². The lowest BCUT2D eigenvalue weighted by atomic mass is 9.92. The van der Waals surface area contributed by atoms with E-state index in [0.717, 1.165) is 19.5 Å². The summed E-state index contributed by atoms with van der Waals surface area (Å²) >= 11 is 0. The molecule has 1 aromatic rings. The zero-order chi connectivity index (χ0) is 15.3. The van der Waals surface area contributed by atoms with E-state index < -0.39 is 0 Å². The van der Waals surface area contributed by atoms with Gasteiger partial charge >= 0.3 is 0 Å². The molecule has 20 heavy (non-hydrogen) atoms. The van der Waals surface area contributed by atoms with Crippen LogP contribution in [0.5, 0.6) is 0 Å². The van der Waals surface area contributed by atoms with E-state index >= 15 is 0 Å². The fraction of sp³-hybridized carbons (Fsp3) is 0.579. The predicted octanol–water partition coefficient (Wildman–Crippen LogP) is 5.55. The monoisotopic (exact) mass is 273 g/mol. The summed E-state index contributed by atoms with van der Waals surface area (Å²) in [5.74, 6) is 0.574. The van der Waals surface area contributed by atoms with E-state index in [-0.39, 0.29) is 5.41 Å². The molecule has 0 aliphatic rings. The molecule has 0 atom stereocenters. The smallest absolute Gasteiger partial charge is 0.0372 e. The van der Waals surface area contributed by atoms with Crippen molar-refractivity contribution < 1.29 is 0 Å². The average molecular weight is 273 g/mol. The van der Waals surface area contributed by atoms with E-state index in [1.165, 1.54) is 16.8 Å². The Morgan fingerprint density at radius 3 is 2.40 bits per heavy atom. The minimum Gasteiger partial charge on any atom is -0.371 e. The first-order chi connectivity index (χ1) is 9.29. The van der Waals surface area contributed by atoms with Gasteiger partial charge in [0.15, 0.2) is 0 Å². The Labute approximate surface area is 125 Å². The lowest BCUT2D eigenvalue weighted by Gasteiger charge is -2.33. The van der Waals surface area contributed by atoms with Crippen molar-refractivity contribution in [3.05, 3.63) is 42.0 Å². The maximum atomic E-state index is 3.98. The van der Waals surface area contributed by atoms with Crippen LogP contribution in [0.1, 0.15) is 58.1 Å². The highest BCUT2D eigenvalue weighted by molar-refractivity contribution is 5.52. The summed E-state index contributed by atoms with van der Waals surface area (Å²) in [7, 11) is 0. The number of hydrogen-bond acceptors (Lipinski definition) is 1. The van der Waals surface area contributed by atoms with Gasteiger partial charge in [-0.05, 0) is 47.9 Å². The summed E-state index contributed by atoms with van der Waals surface area (Å²) in [5.41, 5.74) is 4.27. The summed E-state index contributed by atoms with van der Waals surface area (Å²) in [4.78, 5) is 2.50. The third kappa shape index (κ3) is 4.70. The van der Waals surface area contributed by atoms with Gasteiger partial charge < -0.3 is 4.90 Å². The molecule has 1 rings (SSSR count). The molecule has 0 saturated carbocycles. The average Bonchev–Trinajstić information content (AvgIpc) is 2.37. The van der Waals surface area contributed by atoms with Crippen molar-refractivity contribution in [1.29, 1.82) is 0 Å². The van der Waals surface area contributed by atoms with E-state index in [0.29, 0.717) is 5.92 Å². The highest BCUT2D eigenvalue weighted by Crippen LogP contribution is 2.27. The van der Waals surface area contributed by atoms with E-state index in [9.17, 15) is 0 Å². The predicted molar refractivity (Wildman–Crippen MR) is 91.8 cm³/mol. The van der Waals surface area contributed by atoms with E-state index in [4.69, 9.17) is 0 Å². The van der Waals surface area contributed by atoms with Crippen LogP contribution in [-0.4, -0.2) is 13.1 Å². The Hall–Kier alpha value is -1.24. The highest BCUT2D eigenvalue weighted by Gasteiger charge is 2.19. The number of aryl methyl sites for hydroxylation is 1. The fourth-order valence-corrected chi connectivity index (χ4v) is 2.43. The second kappa shape index (κ2) is 6.97.